The monoisotopic (exact) mass is 404 g/mol. The van der Waals surface area contributed by atoms with Crippen LogP contribution in [0.4, 0.5) is 4.39 Å². The zero-order valence-corrected chi connectivity index (χ0v) is 17.2. The van der Waals surface area contributed by atoms with Crippen molar-refractivity contribution < 1.29 is 28.2 Å². The fraction of sp³-hybridized carbons (Fsp3) is 0.565. The maximum absolute atomic E-state index is 13.4. The minimum absolute atomic E-state index is 0.0839. The van der Waals surface area contributed by atoms with E-state index >= 15 is 0 Å². The zero-order valence-electron chi connectivity index (χ0n) is 17.2. The first kappa shape index (κ1) is 21.7. The molecule has 0 unspecified atom stereocenters. The number of carbonyl (C=O) groups excluding carboxylic acids is 2. The molecule has 5 nitrogen and oxygen atoms in total. The summed E-state index contributed by atoms with van der Waals surface area (Å²) >= 11 is 0. The molecule has 3 rings (SSSR count). The van der Waals surface area contributed by atoms with Crippen molar-refractivity contribution in [1.82, 2.24) is 0 Å². The van der Waals surface area contributed by atoms with Crippen LogP contribution in [0.1, 0.15) is 39.2 Å². The van der Waals surface area contributed by atoms with Crippen LogP contribution >= 0.6 is 0 Å². The number of ether oxygens (including phenoxy) is 3. The SMILES string of the molecule is CC(C)(C)OC(=O)COC/C=C\C[C@H]1[C@H](C=O)[C@@H]2C[C@@]1(c1ccc(F)cc1)CO2. The molecule has 0 N–H and O–H groups in total. The van der Waals surface area contributed by atoms with Crippen LogP contribution in [0.5, 0.6) is 0 Å². The third-order valence-electron chi connectivity index (χ3n) is 5.71. The third kappa shape index (κ3) is 4.93. The summed E-state index contributed by atoms with van der Waals surface area (Å²) < 4.78 is 29.8. The lowest BCUT2D eigenvalue weighted by Crippen LogP contribution is -2.40. The van der Waals surface area contributed by atoms with E-state index in [0.717, 1.165) is 18.3 Å². The van der Waals surface area contributed by atoms with Crippen LogP contribution in [-0.4, -0.2) is 43.8 Å². The Morgan fingerprint density at radius 2 is 2.00 bits per heavy atom. The molecule has 1 heterocycles. The topological polar surface area (TPSA) is 61.8 Å². The lowest BCUT2D eigenvalue weighted by Gasteiger charge is -2.37. The molecule has 2 aliphatic rings. The molecule has 1 saturated heterocycles. The van der Waals surface area contributed by atoms with Crippen molar-refractivity contribution in [3.05, 3.63) is 47.8 Å². The van der Waals surface area contributed by atoms with Crippen LogP contribution in [0.25, 0.3) is 0 Å². The van der Waals surface area contributed by atoms with E-state index in [9.17, 15) is 14.0 Å². The lowest BCUT2D eigenvalue weighted by molar-refractivity contribution is -0.159. The number of hydrogen-bond acceptors (Lipinski definition) is 5. The van der Waals surface area contributed by atoms with E-state index in [1.54, 1.807) is 12.1 Å². The second-order valence-corrected chi connectivity index (χ2v) is 8.85. The van der Waals surface area contributed by atoms with Crippen LogP contribution in [0.2, 0.25) is 0 Å². The van der Waals surface area contributed by atoms with Gasteiger partial charge >= 0.3 is 5.97 Å². The fourth-order valence-electron chi connectivity index (χ4n) is 4.52. The molecule has 0 radical (unpaired) electrons. The highest BCUT2D eigenvalue weighted by molar-refractivity contribution is 5.71. The lowest BCUT2D eigenvalue weighted by atomic mass is 9.69. The van der Waals surface area contributed by atoms with Gasteiger partial charge in [-0.3, -0.25) is 0 Å². The number of halogens is 1. The molecule has 1 aromatic rings. The van der Waals surface area contributed by atoms with Gasteiger partial charge in [-0.25, -0.2) is 9.18 Å². The predicted octanol–water partition coefficient (Wildman–Crippen LogP) is 3.60. The summed E-state index contributed by atoms with van der Waals surface area (Å²) in [5.41, 5.74) is 0.218. The Labute approximate surface area is 171 Å². The highest BCUT2D eigenvalue weighted by Gasteiger charge is 2.59. The van der Waals surface area contributed by atoms with Gasteiger partial charge in [-0.1, -0.05) is 24.3 Å². The van der Waals surface area contributed by atoms with E-state index in [1.807, 2.05) is 32.9 Å². The number of esters is 1. The molecule has 1 aromatic carbocycles. The summed E-state index contributed by atoms with van der Waals surface area (Å²) in [6.45, 7) is 6.17. The number of aldehydes is 1. The van der Waals surface area contributed by atoms with E-state index in [0.29, 0.717) is 19.6 Å². The van der Waals surface area contributed by atoms with E-state index in [2.05, 4.69) is 0 Å². The van der Waals surface area contributed by atoms with Crippen LogP contribution in [0.15, 0.2) is 36.4 Å². The Morgan fingerprint density at radius 1 is 1.28 bits per heavy atom. The van der Waals surface area contributed by atoms with Crippen LogP contribution in [-0.2, 0) is 29.2 Å². The Morgan fingerprint density at radius 3 is 2.66 bits per heavy atom. The largest absolute Gasteiger partial charge is 0.458 e. The van der Waals surface area contributed by atoms with Crippen molar-refractivity contribution in [2.45, 2.75) is 50.7 Å². The van der Waals surface area contributed by atoms with Gasteiger partial charge in [-0.15, -0.1) is 0 Å². The van der Waals surface area contributed by atoms with E-state index in [4.69, 9.17) is 14.2 Å². The fourth-order valence-corrected chi connectivity index (χ4v) is 4.52. The van der Waals surface area contributed by atoms with Crippen molar-refractivity contribution >= 4 is 12.3 Å². The van der Waals surface area contributed by atoms with Gasteiger partial charge in [-0.05, 0) is 57.2 Å². The van der Waals surface area contributed by atoms with Crippen molar-refractivity contribution in [2.75, 3.05) is 19.8 Å². The van der Waals surface area contributed by atoms with Gasteiger partial charge in [0.2, 0.25) is 0 Å². The second kappa shape index (κ2) is 8.76. The Kier molecular flexibility index (Phi) is 6.54. The van der Waals surface area contributed by atoms with Crippen LogP contribution in [0, 0.1) is 17.7 Å². The maximum atomic E-state index is 13.4. The molecule has 29 heavy (non-hydrogen) atoms. The van der Waals surface area contributed by atoms with Crippen molar-refractivity contribution in [3.63, 3.8) is 0 Å². The summed E-state index contributed by atoms with van der Waals surface area (Å²) in [7, 11) is 0. The number of allylic oxidation sites excluding steroid dienone is 1. The molecule has 0 spiro atoms. The van der Waals surface area contributed by atoms with E-state index < -0.39 is 11.6 Å². The highest BCUT2D eigenvalue weighted by atomic mass is 19.1. The van der Waals surface area contributed by atoms with Crippen LogP contribution < -0.4 is 0 Å². The molecular formula is C23H29FO5. The molecule has 158 valence electrons. The summed E-state index contributed by atoms with van der Waals surface area (Å²) in [6.07, 6.45) is 6.22. The average molecular weight is 404 g/mol. The van der Waals surface area contributed by atoms with Gasteiger partial charge < -0.3 is 19.0 Å². The van der Waals surface area contributed by atoms with Gasteiger partial charge in [0.05, 0.1) is 19.3 Å². The van der Waals surface area contributed by atoms with Gasteiger partial charge in [0.1, 0.15) is 24.3 Å². The second-order valence-electron chi connectivity index (χ2n) is 8.85. The first-order valence-electron chi connectivity index (χ1n) is 10.0. The zero-order chi connectivity index (χ0) is 21.1. The number of fused-ring (bicyclic) bond motifs is 2. The Bertz CT molecular complexity index is 752. The van der Waals surface area contributed by atoms with Crippen molar-refractivity contribution in [3.8, 4) is 0 Å². The molecule has 1 aliphatic heterocycles. The first-order valence-corrected chi connectivity index (χ1v) is 10.0. The molecule has 2 bridgehead atoms. The number of benzene rings is 1. The number of rotatable bonds is 8. The van der Waals surface area contributed by atoms with Crippen molar-refractivity contribution in [2.24, 2.45) is 11.8 Å². The normalized spacial score (nSPS) is 28.8. The van der Waals surface area contributed by atoms with Crippen LogP contribution in [0.3, 0.4) is 0 Å². The predicted molar refractivity (Wildman–Crippen MR) is 106 cm³/mol. The highest BCUT2D eigenvalue weighted by Crippen LogP contribution is 2.55. The van der Waals surface area contributed by atoms with E-state index in [-0.39, 0.29) is 35.8 Å². The Balaban J connectivity index is 1.58. The van der Waals surface area contributed by atoms with Gasteiger partial charge in [-0.2, -0.15) is 0 Å². The summed E-state index contributed by atoms with van der Waals surface area (Å²) in [5.74, 6) is -0.760. The first-order chi connectivity index (χ1) is 13.7. The molecular weight excluding hydrogens is 375 g/mol. The Hall–Kier alpha value is -2.05. The molecule has 4 atom stereocenters. The average Bonchev–Trinajstić information content (AvgIpc) is 3.21. The number of carbonyl (C=O) groups is 2. The summed E-state index contributed by atoms with van der Waals surface area (Å²) in [5, 5.41) is 0. The summed E-state index contributed by atoms with van der Waals surface area (Å²) in [6, 6.07) is 6.52. The summed E-state index contributed by atoms with van der Waals surface area (Å²) in [4.78, 5) is 23.4. The molecule has 1 aliphatic carbocycles. The molecule has 2 fully saturated rings. The number of hydrogen-bond donors (Lipinski definition) is 0. The molecule has 0 amide bonds. The van der Waals surface area contributed by atoms with Gasteiger partial charge in [0.15, 0.2) is 0 Å². The van der Waals surface area contributed by atoms with E-state index in [1.165, 1.54) is 12.1 Å². The van der Waals surface area contributed by atoms with Crippen molar-refractivity contribution in [1.29, 1.82) is 0 Å². The standard InChI is InChI=1S/C23H29FO5/c1-22(2,3)29-21(26)14-27-11-5-4-6-19-18(13-25)20-12-23(19,15-28-20)16-7-9-17(24)10-8-16/h4-5,7-10,13,18-20H,6,11-12,14-15H2,1-3H3/b5-4-/t18-,19-,20-,23-/m0/s1. The minimum atomic E-state index is -0.529. The third-order valence-corrected chi connectivity index (χ3v) is 5.71. The molecule has 1 saturated carbocycles. The van der Waals surface area contributed by atoms with Gasteiger partial charge in [0.25, 0.3) is 0 Å². The molecule has 0 aromatic heterocycles. The maximum Gasteiger partial charge on any atom is 0.332 e. The van der Waals surface area contributed by atoms with Gasteiger partial charge in [0, 0.05) is 11.3 Å². The quantitative estimate of drug-likeness (QED) is 0.287. The smallest absolute Gasteiger partial charge is 0.332 e. The molecule has 6 heteroatoms. The minimum Gasteiger partial charge on any atom is -0.458 e.